The zero-order chi connectivity index (χ0) is 19.0. The largest absolute Gasteiger partial charge is 0.495 e. The Morgan fingerprint density at radius 2 is 2.04 bits per heavy atom. The maximum atomic E-state index is 11.6. The molecule has 0 fully saturated rings. The molecule has 2 heterocycles. The maximum absolute atomic E-state index is 11.6. The summed E-state index contributed by atoms with van der Waals surface area (Å²) in [6.45, 7) is 0. The fraction of sp³-hybridized carbons (Fsp3) is 0.368. The number of aromatic nitrogens is 3. The molecule has 0 radical (unpaired) electrons. The summed E-state index contributed by atoms with van der Waals surface area (Å²) in [5, 5.41) is 4.37. The van der Waals surface area contributed by atoms with Crippen LogP contribution in [0.4, 0.5) is 11.5 Å². The monoisotopic (exact) mass is 386 g/mol. The standard InChI is InChI=1S/C19H22N4O3S/c1-26-16-9-12(10-27(2,24)25)7-8-15(16)23-19-17-13-5-3-4-6-14(13)22-18(17)20-11-21-19/h7-9,11H,3-6,10H2,1-2H3,(H2,20,21,22,23). The van der Waals surface area contributed by atoms with E-state index in [1.807, 2.05) is 6.07 Å². The van der Waals surface area contributed by atoms with Gasteiger partial charge in [0.05, 0.1) is 23.9 Å². The van der Waals surface area contributed by atoms with Crippen LogP contribution in [-0.2, 0) is 28.4 Å². The van der Waals surface area contributed by atoms with Crippen molar-refractivity contribution in [1.29, 1.82) is 0 Å². The molecule has 1 aromatic carbocycles. The van der Waals surface area contributed by atoms with E-state index < -0.39 is 9.84 Å². The number of nitrogens with zero attached hydrogens (tertiary/aromatic N) is 2. The first-order chi connectivity index (χ1) is 12.9. The molecule has 1 aliphatic carbocycles. The fourth-order valence-electron chi connectivity index (χ4n) is 3.68. The number of sulfone groups is 1. The van der Waals surface area contributed by atoms with Crippen molar-refractivity contribution >= 4 is 32.4 Å². The van der Waals surface area contributed by atoms with E-state index in [1.165, 1.54) is 30.3 Å². The summed E-state index contributed by atoms with van der Waals surface area (Å²) in [4.78, 5) is 12.2. The maximum Gasteiger partial charge on any atom is 0.151 e. The van der Waals surface area contributed by atoms with E-state index in [-0.39, 0.29) is 5.75 Å². The Morgan fingerprint density at radius 3 is 2.81 bits per heavy atom. The summed E-state index contributed by atoms with van der Waals surface area (Å²) < 4.78 is 28.6. The highest BCUT2D eigenvalue weighted by Crippen LogP contribution is 2.35. The van der Waals surface area contributed by atoms with Crippen molar-refractivity contribution in [3.8, 4) is 5.75 Å². The molecule has 27 heavy (non-hydrogen) atoms. The summed E-state index contributed by atoms with van der Waals surface area (Å²) >= 11 is 0. The molecule has 0 saturated heterocycles. The van der Waals surface area contributed by atoms with Gasteiger partial charge in [-0.1, -0.05) is 6.07 Å². The molecule has 4 rings (SSSR count). The number of aryl methyl sites for hydroxylation is 2. The summed E-state index contributed by atoms with van der Waals surface area (Å²) in [5.74, 6) is 1.29. The van der Waals surface area contributed by atoms with Gasteiger partial charge in [-0.2, -0.15) is 0 Å². The van der Waals surface area contributed by atoms with E-state index in [4.69, 9.17) is 4.74 Å². The van der Waals surface area contributed by atoms with Gasteiger partial charge >= 0.3 is 0 Å². The van der Waals surface area contributed by atoms with Crippen LogP contribution >= 0.6 is 0 Å². The van der Waals surface area contributed by atoms with Crippen LogP contribution in [0.25, 0.3) is 11.0 Å². The molecule has 142 valence electrons. The van der Waals surface area contributed by atoms with Gasteiger partial charge in [0.15, 0.2) is 9.84 Å². The Morgan fingerprint density at radius 1 is 1.22 bits per heavy atom. The van der Waals surface area contributed by atoms with Crippen LogP contribution in [0.3, 0.4) is 0 Å². The predicted molar refractivity (Wildman–Crippen MR) is 105 cm³/mol. The smallest absolute Gasteiger partial charge is 0.151 e. The minimum Gasteiger partial charge on any atom is -0.495 e. The minimum absolute atomic E-state index is 0.0211. The zero-order valence-corrected chi connectivity index (χ0v) is 16.2. The average molecular weight is 386 g/mol. The molecule has 8 heteroatoms. The lowest BCUT2D eigenvalue weighted by atomic mass is 9.96. The van der Waals surface area contributed by atoms with Crippen molar-refractivity contribution in [2.24, 2.45) is 0 Å². The third kappa shape index (κ3) is 3.62. The van der Waals surface area contributed by atoms with E-state index in [1.54, 1.807) is 19.2 Å². The van der Waals surface area contributed by atoms with Crippen LogP contribution in [0.5, 0.6) is 5.75 Å². The molecule has 2 aromatic heterocycles. The van der Waals surface area contributed by atoms with Gasteiger partial charge in [0.2, 0.25) is 0 Å². The van der Waals surface area contributed by atoms with Crippen LogP contribution in [0.15, 0.2) is 24.5 Å². The van der Waals surface area contributed by atoms with Gasteiger partial charge in [-0.05, 0) is 48.9 Å². The first-order valence-electron chi connectivity index (χ1n) is 8.90. The minimum atomic E-state index is -3.11. The Kier molecular flexibility index (Phi) is 4.51. The van der Waals surface area contributed by atoms with Crippen molar-refractivity contribution in [2.75, 3.05) is 18.7 Å². The first kappa shape index (κ1) is 17.8. The molecule has 0 saturated carbocycles. The highest BCUT2D eigenvalue weighted by atomic mass is 32.2. The Hall–Kier alpha value is -2.61. The quantitative estimate of drug-likeness (QED) is 0.699. The van der Waals surface area contributed by atoms with Gasteiger partial charge < -0.3 is 15.0 Å². The molecule has 0 amide bonds. The molecular formula is C19H22N4O3S. The van der Waals surface area contributed by atoms with Gasteiger partial charge in [0, 0.05) is 11.9 Å². The van der Waals surface area contributed by atoms with E-state index in [9.17, 15) is 8.42 Å². The lowest BCUT2D eigenvalue weighted by molar-refractivity contribution is 0.416. The van der Waals surface area contributed by atoms with Crippen molar-refractivity contribution in [2.45, 2.75) is 31.4 Å². The summed E-state index contributed by atoms with van der Waals surface area (Å²) in [6.07, 6.45) is 7.16. The van der Waals surface area contributed by atoms with Gasteiger partial charge in [-0.3, -0.25) is 0 Å². The Labute approximate surface area is 158 Å². The van der Waals surface area contributed by atoms with E-state index in [2.05, 4.69) is 20.3 Å². The molecule has 0 spiro atoms. The predicted octanol–water partition coefficient (Wildman–Crippen LogP) is 3.13. The third-order valence-electron chi connectivity index (χ3n) is 4.83. The number of hydrogen-bond acceptors (Lipinski definition) is 6. The van der Waals surface area contributed by atoms with Crippen LogP contribution in [-0.4, -0.2) is 36.7 Å². The van der Waals surface area contributed by atoms with E-state index >= 15 is 0 Å². The average Bonchev–Trinajstić information content (AvgIpc) is 3.01. The number of rotatable bonds is 5. The number of H-pyrrole nitrogens is 1. The molecular weight excluding hydrogens is 364 g/mol. The number of benzene rings is 1. The van der Waals surface area contributed by atoms with Crippen LogP contribution < -0.4 is 10.1 Å². The Balaban J connectivity index is 1.73. The van der Waals surface area contributed by atoms with Gasteiger partial charge in [-0.15, -0.1) is 0 Å². The molecule has 0 unspecified atom stereocenters. The van der Waals surface area contributed by atoms with Crippen LogP contribution in [0, 0.1) is 0 Å². The van der Waals surface area contributed by atoms with E-state index in [0.29, 0.717) is 11.3 Å². The fourth-order valence-corrected chi connectivity index (χ4v) is 4.47. The second-order valence-electron chi connectivity index (χ2n) is 6.96. The van der Waals surface area contributed by atoms with Crippen molar-refractivity contribution in [3.05, 3.63) is 41.3 Å². The van der Waals surface area contributed by atoms with Gasteiger partial charge in [-0.25, -0.2) is 18.4 Å². The number of fused-ring (bicyclic) bond motifs is 3. The Bertz CT molecular complexity index is 1110. The lowest BCUT2D eigenvalue weighted by Gasteiger charge is -2.14. The summed E-state index contributed by atoms with van der Waals surface area (Å²) in [5.41, 5.74) is 4.79. The van der Waals surface area contributed by atoms with Crippen molar-refractivity contribution in [3.63, 3.8) is 0 Å². The van der Waals surface area contributed by atoms with Gasteiger partial charge in [0.25, 0.3) is 0 Å². The molecule has 0 atom stereocenters. The number of aromatic amines is 1. The molecule has 7 nitrogen and oxygen atoms in total. The SMILES string of the molecule is COc1cc(CS(C)(=O)=O)ccc1Nc1ncnc2[nH]c3c(c12)CCCC3. The molecule has 2 N–H and O–H groups in total. The van der Waals surface area contributed by atoms with E-state index in [0.717, 1.165) is 41.8 Å². The highest BCUT2D eigenvalue weighted by molar-refractivity contribution is 7.89. The molecule has 0 aliphatic heterocycles. The van der Waals surface area contributed by atoms with Crippen molar-refractivity contribution in [1.82, 2.24) is 15.0 Å². The molecule has 0 bridgehead atoms. The summed E-state index contributed by atoms with van der Waals surface area (Å²) in [7, 11) is -1.54. The second kappa shape index (κ2) is 6.84. The van der Waals surface area contributed by atoms with Crippen LogP contribution in [0.2, 0.25) is 0 Å². The second-order valence-corrected chi connectivity index (χ2v) is 9.11. The lowest BCUT2D eigenvalue weighted by Crippen LogP contribution is -2.04. The van der Waals surface area contributed by atoms with Crippen molar-refractivity contribution < 1.29 is 13.2 Å². The number of ether oxygens (including phenoxy) is 1. The molecule has 1 aliphatic rings. The zero-order valence-electron chi connectivity index (χ0n) is 15.4. The van der Waals surface area contributed by atoms with Crippen LogP contribution in [0.1, 0.15) is 29.7 Å². The normalized spacial score (nSPS) is 14.1. The molecule has 3 aromatic rings. The topological polar surface area (TPSA) is 97.0 Å². The third-order valence-corrected chi connectivity index (χ3v) is 5.69. The van der Waals surface area contributed by atoms with Gasteiger partial charge in [0.1, 0.15) is 23.5 Å². The number of anilines is 2. The number of nitrogens with one attached hydrogen (secondary N) is 2. The first-order valence-corrected chi connectivity index (χ1v) is 11.0. The number of methoxy groups -OCH3 is 1. The highest BCUT2D eigenvalue weighted by Gasteiger charge is 2.20. The number of hydrogen-bond donors (Lipinski definition) is 2. The summed E-state index contributed by atoms with van der Waals surface area (Å²) in [6, 6.07) is 5.36.